The van der Waals surface area contributed by atoms with E-state index in [1.54, 1.807) is 10.6 Å². The van der Waals surface area contributed by atoms with Gasteiger partial charge in [-0.15, -0.1) is 11.3 Å². The number of halogens is 1. The molecule has 2 heterocycles. The standard InChI is InChI=1S/C28H29FN4O4S/c1-17-26(21-5-7-23-20(16-21)8-10-33(23)27(35)19-3-4-19)32-28(38-17)31-25(34)15-18-2-6-22(29)24(14-18)37-13-12-36-11-9-30/h2,5-8,10,14,16,19H,3-4,9,11-13,15,30H2,1H3,(H,31,32,34). The molecule has 5 rings (SSSR count). The smallest absolute Gasteiger partial charge is 0.234 e. The Bertz CT molecular complexity index is 1480. The SMILES string of the molecule is Cc1sc(NC(=O)Cc2ccc(F)c(OCCOCCN)c2)nc1-c1ccc2c(ccn2C(=O)C2CC2)c1. The van der Waals surface area contributed by atoms with Gasteiger partial charge in [-0.2, -0.15) is 0 Å². The predicted molar refractivity (Wildman–Crippen MR) is 145 cm³/mol. The largest absolute Gasteiger partial charge is 0.488 e. The Kier molecular flexibility index (Phi) is 7.82. The van der Waals surface area contributed by atoms with Gasteiger partial charge in [0.25, 0.3) is 0 Å². The fraction of sp³-hybridized carbons (Fsp3) is 0.321. The van der Waals surface area contributed by atoms with Gasteiger partial charge in [0.05, 0.1) is 30.8 Å². The van der Waals surface area contributed by atoms with E-state index < -0.39 is 5.82 Å². The lowest BCUT2D eigenvalue weighted by Gasteiger charge is -2.09. The number of nitrogens with one attached hydrogen (secondary N) is 1. The number of benzene rings is 2. The van der Waals surface area contributed by atoms with E-state index in [1.807, 2.05) is 37.4 Å². The highest BCUT2D eigenvalue weighted by molar-refractivity contribution is 7.16. The minimum atomic E-state index is -0.502. The van der Waals surface area contributed by atoms with Gasteiger partial charge in [-0.05, 0) is 55.7 Å². The van der Waals surface area contributed by atoms with Crippen molar-refractivity contribution < 1.29 is 23.5 Å². The molecule has 1 aliphatic rings. The molecule has 0 saturated heterocycles. The fourth-order valence-electron chi connectivity index (χ4n) is 4.24. The minimum Gasteiger partial charge on any atom is -0.488 e. The number of anilines is 1. The highest BCUT2D eigenvalue weighted by atomic mass is 32.1. The summed E-state index contributed by atoms with van der Waals surface area (Å²) in [7, 11) is 0. The number of hydrogen-bond donors (Lipinski definition) is 2. The van der Waals surface area contributed by atoms with Crippen LogP contribution in [-0.4, -0.2) is 47.7 Å². The third-order valence-corrected chi connectivity index (χ3v) is 7.16. The number of ether oxygens (including phenoxy) is 2. The molecule has 0 aliphatic heterocycles. The number of amides is 1. The van der Waals surface area contributed by atoms with E-state index in [0.717, 1.165) is 39.9 Å². The number of carbonyl (C=O) groups is 2. The zero-order valence-electron chi connectivity index (χ0n) is 21.0. The van der Waals surface area contributed by atoms with Gasteiger partial charge in [-0.1, -0.05) is 12.1 Å². The van der Waals surface area contributed by atoms with Crippen LogP contribution in [0.1, 0.15) is 28.1 Å². The quantitative estimate of drug-likeness (QED) is 0.267. The van der Waals surface area contributed by atoms with Gasteiger partial charge in [0.1, 0.15) is 6.61 Å². The molecule has 1 amide bonds. The number of hydrogen-bond acceptors (Lipinski definition) is 7. The predicted octanol–water partition coefficient (Wildman–Crippen LogP) is 4.80. The highest BCUT2D eigenvalue weighted by Crippen LogP contribution is 2.35. The summed E-state index contributed by atoms with van der Waals surface area (Å²) in [5, 5.41) is 4.30. The molecule has 1 saturated carbocycles. The summed E-state index contributed by atoms with van der Waals surface area (Å²) < 4.78 is 26.5. The van der Waals surface area contributed by atoms with Gasteiger partial charge in [0, 0.05) is 34.5 Å². The van der Waals surface area contributed by atoms with Crippen molar-refractivity contribution >= 4 is 39.2 Å². The van der Waals surface area contributed by atoms with Crippen molar-refractivity contribution in [1.82, 2.24) is 9.55 Å². The molecule has 38 heavy (non-hydrogen) atoms. The van der Waals surface area contributed by atoms with Crippen molar-refractivity contribution in [2.45, 2.75) is 26.2 Å². The number of carbonyl (C=O) groups excluding carboxylic acids is 2. The van der Waals surface area contributed by atoms with Crippen LogP contribution in [0.2, 0.25) is 0 Å². The lowest BCUT2D eigenvalue weighted by Crippen LogP contribution is -2.15. The minimum absolute atomic E-state index is 0.0444. The summed E-state index contributed by atoms with van der Waals surface area (Å²) in [6.45, 7) is 3.25. The molecular weight excluding hydrogens is 507 g/mol. The van der Waals surface area contributed by atoms with E-state index in [-0.39, 0.29) is 36.5 Å². The monoisotopic (exact) mass is 536 g/mol. The second-order valence-electron chi connectivity index (χ2n) is 9.23. The van der Waals surface area contributed by atoms with Gasteiger partial charge in [0.15, 0.2) is 16.7 Å². The first-order valence-corrected chi connectivity index (χ1v) is 13.4. The Balaban J connectivity index is 1.23. The van der Waals surface area contributed by atoms with Gasteiger partial charge in [-0.25, -0.2) is 9.37 Å². The van der Waals surface area contributed by atoms with Gasteiger partial charge < -0.3 is 20.5 Å². The number of rotatable bonds is 11. The van der Waals surface area contributed by atoms with Crippen LogP contribution >= 0.6 is 11.3 Å². The first-order chi connectivity index (χ1) is 18.4. The molecule has 8 nitrogen and oxygen atoms in total. The van der Waals surface area contributed by atoms with Crippen LogP contribution in [0.3, 0.4) is 0 Å². The van der Waals surface area contributed by atoms with Crippen LogP contribution in [0.4, 0.5) is 9.52 Å². The van der Waals surface area contributed by atoms with Crippen LogP contribution in [0, 0.1) is 18.7 Å². The van der Waals surface area contributed by atoms with E-state index >= 15 is 0 Å². The van der Waals surface area contributed by atoms with Crippen LogP contribution in [0.25, 0.3) is 22.2 Å². The summed E-state index contributed by atoms with van der Waals surface area (Å²) >= 11 is 1.39. The van der Waals surface area contributed by atoms with Crippen LogP contribution in [0.5, 0.6) is 5.75 Å². The molecule has 0 bridgehead atoms. The Morgan fingerprint density at radius 1 is 1.16 bits per heavy atom. The van der Waals surface area contributed by atoms with Gasteiger partial charge in [-0.3, -0.25) is 14.2 Å². The van der Waals surface area contributed by atoms with Crippen molar-refractivity contribution in [2.75, 3.05) is 31.7 Å². The Labute approximate surface area is 223 Å². The molecule has 10 heteroatoms. The van der Waals surface area contributed by atoms with E-state index in [1.165, 1.54) is 23.5 Å². The van der Waals surface area contributed by atoms with E-state index in [4.69, 9.17) is 15.2 Å². The molecule has 3 N–H and O–H groups in total. The molecule has 2 aromatic heterocycles. The van der Waals surface area contributed by atoms with Crippen LogP contribution < -0.4 is 15.8 Å². The summed E-state index contributed by atoms with van der Waals surface area (Å²) in [4.78, 5) is 30.9. The van der Waals surface area contributed by atoms with E-state index in [0.29, 0.717) is 30.5 Å². The second kappa shape index (κ2) is 11.4. The molecule has 0 spiro atoms. The van der Waals surface area contributed by atoms with Crippen molar-refractivity contribution in [1.29, 1.82) is 0 Å². The van der Waals surface area contributed by atoms with Crippen molar-refractivity contribution in [3.63, 3.8) is 0 Å². The number of thiazole rings is 1. The normalized spacial score (nSPS) is 13.1. The molecule has 1 fully saturated rings. The van der Waals surface area contributed by atoms with Gasteiger partial charge >= 0.3 is 0 Å². The number of nitrogens with zero attached hydrogens (tertiary/aromatic N) is 2. The molecule has 198 valence electrons. The third-order valence-electron chi connectivity index (χ3n) is 6.28. The average molecular weight is 537 g/mol. The summed E-state index contributed by atoms with van der Waals surface area (Å²) in [6, 6.07) is 12.2. The van der Waals surface area contributed by atoms with Crippen molar-refractivity contribution in [3.05, 3.63) is 64.9 Å². The van der Waals surface area contributed by atoms with E-state index in [9.17, 15) is 14.0 Å². The zero-order chi connectivity index (χ0) is 26.6. The van der Waals surface area contributed by atoms with E-state index in [2.05, 4.69) is 10.3 Å². The molecule has 0 radical (unpaired) electrons. The first kappa shape index (κ1) is 26.0. The number of nitrogens with two attached hydrogens (primary N) is 1. The number of aromatic nitrogens is 2. The van der Waals surface area contributed by atoms with Gasteiger partial charge in [0.2, 0.25) is 11.8 Å². The maximum absolute atomic E-state index is 14.1. The first-order valence-electron chi connectivity index (χ1n) is 12.5. The zero-order valence-corrected chi connectivity index (χ0v) is 21.9. The molecule has 0 atom stereocenters. The summed E-state index contributed by atoms with van der Waals surface area (Å²) in [5.41, 5.74) is 8.57. The fourth-order valence-corrected chi connectivity index (χ4v) is 5.09. The van der Waals surface area contributed by atoms with Crippen molar-refractivity contribution in [2.24, 2.45) is 11.7 Å². The molecule has 0 unspecified atom stereocenters. The number of aryl methyl sites for hydroxylation is 1. The highest BCUT2D eigenvalue weighted by Gasteiger charge is 2.31. The Morgan fingerprint density at radius 2 is 2.00 bits per heavy atom. The number of fused-ring (bicyclic) bond motifs is 1. The lowest BCUT2D eigenvalue weighted by molar-refractivity contribution is -0.115. The molecule has 2 aromatic carbocycles. The van der Waals surface area contributed by atoms with Crippen molar-refractivity contribution in [3.8, 4) is 17.0 Å². The maximum atomic E-state index is 14.1. The second-order valence-corrected chi connectivity index (χ2v) is 10.4. The summed E-state index contributed by atoms with van der Waals surface area (Å²) in [5.74, 6) is -0.397. The molecule has 4 aromatic rings. The maximum Gasteiger partial charge on any atom is 0.234 e. The average Bonchev–Trinajstić information content (AvgIpc) is 3.57. The molecule has 1 aliphatic carbocycles. The molecular formula is C28H29FN4O4S. The van der Waals surface area contributed by atoms with Crippen LogP contribution in [0.15, 0.2) is 48.7 Å². The third kappa shape index (κ3) is 5.93. The van der Waals surface area contributed by atoms with Crippen LogP contribution in [-0.2, 0) is 16.0 Å². The lowest BCUT2D eigenvalue weighted by atomic mass is 10.1. The summed E-state index contributed by atoms with van der Waals surface area (Å²) in [6.07, 6.45) is 3.80. The Hall–Kier alpha value is -3.60. The topological polar surface area (TPSA) is 108 Å². The Morgan fingerprint density at radius 3 is 2.79 bits per heavy atom.